The molecule has 0 bridgehead atoms. The van der Waals surface area contributed by atoms with Gasteiger partial charge < -0.3 is 9.73 Å². The van der Waals surface area contributed by atoms with Crippen LogP contribution in [0.15, 0.2) is 34.9 Å². The minimum absolute atomic E-state index is 0.00606. The normalized spacial score (nSPS) is 10.9. The number of furan rings is 1. The van der Waals surface area contributed by atoms with Crippen molar-refractivity contribution in [3.05, 3.63) is 42.1 Å². The number of fused-ring (bicyclic) bond motifs is 1. The summed E-state index contributed by atoms with van der Waals surface area (Å²) in [7, 11) is 0. The average Bonchev–Trinajstić information content (AvgIpc) is 2.86. The molecular formula is C14H11F2N3O. The second-order valence-electron chi connectivity index (χ2n) is 4.19. The largest absolute Gasteiger partial charge is 0.451 e. The Morgan fingerprint density at radius 2 is 2.10 bits per heavy atom. The monoisotopic (exact) mass is 275 g/mol. The Balaban J connectivity index is 2.14. The van der Waals surface area contributed by atoms with Crippen LogP contribution in [0.25, 0.3) is 22.4 Å². The maximum Gasteiger partial charge on any atom is 0.223 e. The first-order valence-electron chi connectivity index (χ1n) is 6.14. The van der Waals surface area contributed by atoms with E-state index in [4.69, 9.17) is 4.42 Å². The van der Waals surface area contributed by atoms with Crippen LogP contribution in [0.1, 0.15) is 6.92 Å². The van der Waals surface area contributed by atoms with Gasteiger partial charge in [-0.1, -0.05) is 12.1 Å². The molecule has 0 radical (unpaired) electrons. The van der Waals surface area contributed by atoms with E-state index in [0.29, 0.717) is 17.9 Å². The van der Waals surface area contributed by atoms with Crippen LogP contribution in [0.2, 0.25) is 0 Å². The van der Waals surface area contributed by atoms with Gasteiger partial charge in [0.25, 0.3) is 0 Å². The molecular weight excluding hydrogens is 264 g/mol. The molecule has 0 aliphatic heterocycles. The zero-order valence-electron chi connectivity index (χ0n) is 10.7. The zero-order valence-corrected chi connectivity index (χ0v) is 10.7. The van der Waals surface area contributed by atoms with Crippen molar-refractivity contribution >= 4 is 16.9 Å². The van der Waals surface area contributed by atoms with Gasteiger partial charge in [0.1, 0.15) is 5.69 Å². The third kappa shape index (κ3) is 2.09. The summed E-state index contributed by atoms with van der Waals surface area (Å²) in [5.74, 6) is -0.643. The Morgan fingerprint density at radius 3 is 2.85 bits per heavy atom. The van der Waals surface area contributed by atoms with Gasteiger partial charge in [0.15, 0.2) is 23.0 Å². The number of halogens is 2. The number of nitrogens with zero attached hydrogens (tertiary/aromatic N) is 2. The summed E-state index contributed by atoms with van der Waals surface area (Å²) in [6.45, 7) is 2.49. The van der Waals surface area contributed by atoms with Crippen molar-refractivity contribution in [1.29, 1.82) is 0 Å². The molecule has 102 valence electrons. The first kappa shape index (κ1) is 12.5. The number of rotatable bonds is 3. The lowest BCUT2D eigenvalue weighted by molar-refractivity contribution is 0.558. The van der Waals surface area contributed by atoms with Crippen molar-refractivity contribution in [3.8, 4) is 11.5 Å². The fourth-order valence-corrected chi connectivity index (χ4v) is 1.93. The van der Waals surface area contributed by atoms with Crippen LogP contribution in [0.5, 0.6) is 0 Å². The predicted octanol–water partition coefficient (Wildman–Crippen LogP) is 3.60. The fourth-order valence-electron chi connectivity index (χ4n) is 1.93. The number of anilines is 1. The van der Waals surface area contributed by atoms with E-state index in [2.05, 4.69) is 15.3 Å². The van der Waals surface area contributed by atoms with E-state index >= 15 is 0 Å². The molecule has 2 heterocycles. The van der Waals surface area contributed by atoms with Crippen molar-refractivity contribution in [2.45, 2.75) is 6.92 Å². The fraction of sp³-hybridized carbons (Fsp3) is 0.143. The predicted molar refractivity (Wildman–Crippen MR) is 71.3 cm³/mol. The van der Waals surface area contributed by atoms with Gasteiger partial charge in [0, 0.05) is 11.9 Å². The molecule has 1 aromatic carbocycles. The maximum atomic E-state index is 13.8. The lowest BCUT2D eigenvalue weighted by Gasteiger charge is -2.03. The highest BCUT2D eigenvalue weighted by Crippen LogP contribution is 2.29. The average molecular weight is 275 g/mol. The third-order valence-electron chi connectivity index (χ3n) is 2.81. The van der Waals surface area contributed by atoms with E-state index < -0.39 is 11.6 Å². The Labute approximate surface area is 113 Å². The van der Waals surface area contributed by atoms with Gasteiger partial charge >= 0.3 is 0 Å². The van der Waals surface area contributed by atoms with Gasteiger partial charge in [-0.05, 0) is 19.1 Å². The third-order valence-corrected chi connectivity index (χ3v) is 2.81. The van der Waals surface area contributed by atoms with Crippen LogP contribution in [-0.4, -0.2) is 16.5 Å². The number of hydrogen-bond donors (Lipinski definition) is 1. The zero-order chi connectivity index (χ0) is 14.1. The highest BCUT2D eigenvalue weighted by molar-refractivity contribution is 5.82. The van der Waals surface area contributed by atoms with Crippen LogP contribution < -0.4 is 5.32 Å². The van der Waals surface area contributed by atoms with Gasteiger partial charge in [0.05, 0.1) is 6.20 Å². The van der Waals surface area contributed by atoms with E-state index in [-0.39, 0.29) is 17.0 Å². The van der Waals surface area contributed by atoms with Crippen molar-refractivity contribution in [2.24, 2.45) is 0 Å². The highest BCUT2D eigenvalue weighted by atomic mass is 19.1. The van der Waals surface area contributed by atoms with Crippen LogP contribution in [0, 0.1) is 11.6 Å². The van der Waals surface area contributed by atoms with Gasteiger partial charge in [-0.3, -0.25) is 0 Å². The molecule has 20 heavy (non-hydrogen) atoms. The van der Waals surface area contributed by atoms with Gasteiger partial charge in [-0.25, -0.2) is 18.7 Å². The second kappa shape index (κ2) is 4.88. The van der Waals surface area contributed by atoms with E-state index in [9.17, 15) is 8.78 Å². The molecule has 3 rings (SSSR count). The SMILES string of the molecule is CCNc1ncc(F)c(-c2cc3cccc(F)c3o2)n1. The summed E-state index contributed by atoms with van der Waals surface area (Å²) in [4.78, 5) is 7.86. The van der Waals surface area contributed by atoms with Crippen molar-refractivity contribution in [1.82, 2.24) is 9.97 Å². The number of aromatic nitrogens is 2. The minimum Gasteiger partial charge on any atom is -0.451 e. The highest BCUT2D eigenvalue weighted by Gasteiger charge is 2.15. The standard InChI is InChI=1S/C14H11F2N3O/c1-2-17-14-18-7-10(16)12(19-14)11-6-8-4-3-5-9(15)13(8)20-11/h3-7H,2H2,1H3,(H,17,18,19). The first-order chi connectivity index (χ1) is 9.69. The molecule has 1 N–H and O–H groups in total. The summed E-state index contributed by atoms with van der Waals surface area (Å²) in [6.07, 6.45) is 1.06. The Bertz CT molecular complexity index is 770. The van der Waals surface area contributed by atoms with Crippen LogP contribution in [0.4, 0.5) is 14.7 Å². The summed E-state index contributed by atoms with van der Waals surface area (Å²) in [5.41, 5.74) is 0.0945. The molecule has 0 atom stereocenters. The van der Waals surface area contributed by atoms with E-state index in [1.54, 1.807) is 18.2 Å². The Kier molecular flexibility index (Phi) is 3.06. The quantitative estimate of drug-likeness (QED) is 0.793. The molecule has 0 saturated carbocycles. The van der Waals surface area contributed by atoms with Gasteiger partial charge in [0.2, 0.25) is 5.95 Å². The summed E-state index contributed by atoms with van der Waals surface area (Å²) in [5, 5.41) is 3.44. The second-order valence-corrected chi connectivity index (χ2v) is 4.19. The summed E-state index contributed by atoms with van der Waals surface area (Å²) >= 11 is 0. The number of hydrogen-bond acceptors (Lipinski definition) is 4. The molecule has 0 aliphatic rings. The minimum atomic E-state index is -0.619. The van der Waals surface area contributed by atoms with E-state index in [1.165, 1.54) is 6.07 Å². The molecule has 2 aromatic heterocycles. The lowest BCUT2D eigenvalue weighted by Crippen LogP contribution is -2.03. The van der Waals surface area contributed by atoms with Crippen LogP contribution in [0.3, 0.4) is 0 Å². The molecule has 0 unspecified atom stereocenters. The van der Waals surface area contributed by atoms with Crippen molar-refractivity contribution in [3.63, 3.8) is 0 Å². The van der Waals surface area contributed by atoms with Crippen molar-refractivity contribution < 1.29 is 13.2 Å². The van der Waals surface area contributed by atoms with Crippen molar-refractivity contribution in [2.75, 3.05) is 11.9 Å². The van der Waals surface area contributed by atoms with Gasteiger partial charge in [-0.15, -0.1) is 0 Å². The molecule has 4 nitrogen and oxygen atoms in total. The molecule has 0 fully saturated rings. The lowest BCUT2D eigenvalue weighted by atomic mass is 10.2. The van der Waals surface area contributed by atoms with Gasteiger partial charge in [-0.2, -0.15) is 0 Å². The Morgan fingerprint density at radius 1 is 1.25 bits per heavy atom. The molecule has 6 heteroatoms. The molecule has 0 aliphatic carbocycles. The number of para-hydroxylation sites is 1. The molecule has 0 amide bonds. The molecule has 0 saturated heterocycles. The molecule has 3 aromatic rings. The van der Waals surface area contributed by atoms with E-state index in [1.807, 2.05) is 6.92 Å². The molecule has 0 spiro atoms. The first-order valence-corrected chi connectivity index (χ1v) is 6.14. The number of nitrogens with one attached hydrogen (secondary N) is 1. The maximum absolute atomic E-state index is 13.8. The Hall–Kier alpha value is -2.50. The summed E-state index contributed by atoms with van der Waals surface area (Å²) < 4.78 is 32.8. The summed E-state index contributed by atoms with van der Waals surface area (Å²) in [6, 6.07) is 6.10. The smallest absolute Gasteiger partial charge is 0.223 e. The van der Waals surface area contributed by atoms with Crippen LogP contribution in [-0.2, 0) is 0 Å². The number of benzene rings is 1. The van der Waals surface area contributed by atoms with Crippen LogP contribution >= 0.6 is 0 Å². The van der Waals surface area contributed by atoms with E-state index in [0.717, 1.165) is 6.20 Å². The topological polar surface area (TPSA) is 51.0 Å².